The molecule has 4 rings (SSSR count). The summed E-state index contributed by atoms with van der Waals surface area (Å²) in [6.07, 6.45) is 3.25. The monoisotopic (exact) mass is 379 g/mol. The van der Waals surface area contributed by atoms with E-state index in [1.54, 1.807) is 36.6 Å². The molecule has 2 fully saturated rings. The molecule has 1 saturated carbocycles. The quantitative estimate of drug-likeness (QED) is 0.818. The van der Waals surface area contributed by atoms with Gasteiger partial charge < -0.3 is 4.74 Å². The van der Waals surface area contributed by atoms with Gasteiger partial charge in [0.1, 0.15) is 22.6 Å². The van der Waals surface area contributed by atoms with Crippen LogP contribution in [0, 0.1) is 24.6 Å². The van der Waals surface area contributed by atoms with E-state index in [4.69, 9.17) is 4.74 Å². The molecule has 0 amide bonds. The van der Waals surface area contributed by atoms with Crippen molar-refractivity contribution >= 4 is 10.0 Å². The number of ether oxygens (including phenoxy) is 1. The topological polar surface area (TPSA) is 64.4 Å². The first-order valence-electron chi connectivity index (χ1n) is 8.77. The van der Waals surface area contributed by atoms with Gasteiger partial charge in [-0.05, 0) is 37.8 Å². The molecule has 0 N–H and O–H groups in total. The predicted octanol–water partition coefficient (Wildman–Crippen LogP) is 2.35. The highest BCUT2D eigenvalue weighted by Gasteiger charge is 2.47. The molecule has 2 aromatic rings. The maximum Gasteiger partial charge on any atom is 0.246 e. The van der Waals surface area contributed by atoms with Gasteiger partial charge in [0, 0.05) is 38.3 Å². The van der Waals surface area contributed by atoms with Crippen molar-refractivity contribution in [1.29, 1.82) is 0 Å². The summed E-state index contributed by atoms with van der Waals surface area (Å²) in [7, 11) is -1.84. The Kier molecular flexibility index (Phi) is 4.27. The Hall–Kier alpha value is -1.93. The van der Waals surface area contributed by atoms with Crippen LogP contribution < -0.4 is 4.74 Å². The van der Waals surface area contributed by atoms with Crippen molar-refractivity contribution in [1.82, 2.24) is 14.1 Å². The molecule has 8 heteroatoms. The molecule has 2 heterocycles. The Labute approximate surface area is 152 Å². The van der Waals surface area contributed by atoms with Crippen LogP contribution in [-0.2, 0) is 17.1 Å². The van der Waals surface area contributed by atoms with E-state index in [0.29, 0.717) is 24.5 Å². The standard InChI is InChI=1S/C18H22FN3O3S/c1-12-18(11-21(2)20-12)26(23,24)22-9-13-6-7-17(16(13)10-22)25-15-5-3-4-14(19)8-15/h3-5,8,11,13,16-17H,6-7,9-10H2,1-2H3/t13-,16+,17-/m0/s1. The van der Waals surface area contributed by atoms with Crippen molar-refractivity contribution in [2.75, 3.05) is 13.1 Å². The van der Waals surface area contributed by atoms with Crippen molar-refractivity contribution in [3.05, 3.63) is 42.0 Å². The molecule has 1 aliphatic carbocycles. The average Bonchev–Trinajstić information content (AvgIpc) is 3.23. The summed E-state index contributed by atoms with van der Waals surface area (Å²) in [6, 6.07) is 6.10. The maximum absolute atomic E-state index is 13.4. The zero-order valence-corrected chi connectivity index (χ0v) is 15.6. The highest BCUT2D eigenvalue weighted by molar-refractivity contribution is 7.89. The molecular weight excluding hydrogens is 357 g/mol. The Balaban J connectivity index is 1.51. The number of rotatable bonds is 4. The number of nitrogens with zero attached hydrogens (tertiary/aromatic N) is 3. The summed E-state index contributed by atoms with van der Waals surface area (Å²) < 4.78 is 48.4. The van der Waals surface area contributed by atoms with E-state index in [1.165, 1.54) is 16.8 Å². The Bertz CT molecular complexity index is 928. The molecule has 26 heavy (non-hydrogen) atoms. The van der Waals surface area contributed by atoms with Crippen molar-refractivity contribution in [3.63, 3.8) is 0 Å². The average molecular weight is 379 g/mol. The highest BCUT2D eigenvalue weighted by Crippen LogP contribution is 2.42. The van der Waals surface area contributed by atoms with E-state index in [0.717, 1.165) is 12.8 Å². The molecule has 0 unspecified atom stereocenters. The second-order valence-electron chi connectivity index (χ2n) is 7.19. The molecule has 0 bridgehead atoms. The lowest BCUT2D eigenvalue weighted by Gasteiger charge is -2.21. The molecule has 0 spiro atoms. The number of fused-ring (bicyclic) bond motifs is 1. The maximum atomic E-state index is 13.4. The lowest BCUT2D eigenvalue weighted by atomic mass is 9.99. The second-order valence-corrected chi connectivity index (χ2v) is 9.10. The molecule has 0 radical (unpaired) electrons. The minimum absolute atomic E-state index is 0.0861. The molecule has 3 atom stereocenters. The third-order valence-corrected chi connectivity index (χ3v) is 7.36. The lowest BCUT2D eigenvalue weighted by molar-refractivity contribution is 0.154. The summed E-state index contributed by atoms with van der Waals surface area (Å²) in [5.41, 5.74) is 0.511. The van der Waals surface area contributed by atoms with Crippen LogP contribution in [-0.4, -0.2) is 41.7 Å². The van der Waals surface area contributed by atoms with E-state index in [9.17, 15) is 12.8 Å². The van der Waals surface area contributed by atoms with E-state index in [1.807, 2.05) is 0 Å². The number of aryl methyl sites for hydroxylation is 2. The van der Waals surface area contributed by atoms with Gasteiger partial charge in [-0.1, -0.05) is 6.07 Å². The SMILES string of the molecule is Cc1nn(C)cc1S(=O)(=O)N1C[C@@H]2CC[C@H](Oc3cccc(F)c3)[C@@H]2C1. The first kappa shape index (κ1) is 17.5. The van der Waals surface area contributed by atoms with E-state index in [-0.39, 0.29) is 28.7 Å². The van der Waals surface area contributed by atoms with Crippen molar-refractivity contribution in [3.8, 4) is 5.75 Å². The Morgan fingerprint density at radius 3 is 2.77 bits per heavy atom. The van der Waals surface area contributed by atoms with Gasteiger partial charge in [-0.25, -0.2) is 12.8 Å². The largest absolute Gasteiger partial charge is 0.490 e. The molecule has 1 aromatic carbocycles. The molecule has 140 valence electrons. The van der Waals surface area contributed by atoms with Gasteiger partial charge in [-0.2, -0.15) is 9.40 Å². The normalized spacial score (nSPS) is 26.2. The highest BCUT2D eigenvalue weighted by atomic mass is 32.2. The molecule has 6 nitrogen and oxygen atoms in total. The van der Waals surface area contributed by atoms with Crippen molar-refractivity contribution in [2.45, 2.75) is 30.8 Å². The van der Waals surface area contributed by atoms with Crippen LogP contribution in [0.2, 0.25) is 0 Å². The van der Waals surface area contributed by atoms with Crippen LogP contribution in [0.3, 0.4) is 0 Å². The van der Waals surface area contributed by atoms with Gasteiger partial charge >= 0.3 is 0 Å². The molecule has 1 aromatic heterocycles. The summed E-state index contributed by atoms with van der Waals surface area (Å²) in [4.78, 5) is 0.266. The van der Waals surface area contributed by atoms with Crippen LogP contribution >= 0.6 is 0 Å². The van der Waals surface area contributed by atoms with Crippen LogP contribution in [0.25, 0.3) is 0 Å². The van der Waals surface area contributed by atoms with E-state index in [2.05, 4.69) is 5.10 Å². The van der Waals surface area contributed by atoms with Gasteiger partial charge in [0.2, 0.25) is 10.0 Å². The summed E-state index contributed by atoms with van der Waals surface area (Å²) in [5.74, 6) is 0.574. The van der Waals surface area contributed by atoms with Crippen molar-refractivity contribution < 1.29 is 17.5 Å². The molecular formula is C18H22FN3O3S. The molecule has 2 aliphatic rings. The predicted molar refractivity (Wildman–Crippen MR) is 93.7 cm³/mol. The number of aromatic nitrogens is 2. The van der Waals surface area contributed by atoms with Gasteiger partial charge in [-0.3, -0.25) is 4.68 Å². The van der Waals surface area contributed by atoms with E-state index >= 15 is 0 Å². The smallest absolute Gasteiger partial charge is 0.246 e. The van der Waals surface area contributed by atoms with Crippen molar-refractivity contribution in [2.24, 2.45) is 18.9 Å². The second kappa shape index (κ2) is 6.35. The van der Waals surface area contributed by atoms with E-state index < -0.39 is 10.0 Å². The fourth-order valence-corrected chi connectivity index (χ4v) is 5.94. The molecule has 1 saturated heterocycles. The Morgan fingerprint density at radius 2 is 2.08 bits per heavy atom. The molecule has 1 aliphatic heterocycles. The third kappa shape index (κ3) is 3.01. The first-order chi connectivity index (χ1) is 12.3. The zero-order chi connectivity index (χ0) is 18.5. The van der Waals surface area contributed by atoms with Gasteiger partial charge in [-0.15, -0.1) is 0 Å². The van der Waals surface area contributed by atoms with Crippen LogP contribution in [0.1, 0.15) is 18.5 Å². The first-order valence-corrected chi connectivity index (χ1v) is 10.2. The third-order valence-electron chi connectivity index (χ3n) is 5.43. The van der Waals surface area contributed by atoms with Gasteiger partial charge in [0.05, 0.1) is 5.69 Å². The Morgan fingerprint density at radius 1 is 1.27 bits per heavy atom. The summed E-state index contributed by atoms with van der Waals surface area (Å²) in [5, 5.41) is 4.15. The lowest BCUT2D eigenvalue weighted by Crippen LogP contribution is -2.32. The fourth-order valence-electron chi connectivity index (χ4n) is 4.20. The van der Waals surface area contributed by atoms with Gasteiger partial charge in [0.25, 0.3) is 0 Å². The van der Waals surface area contributed by atoms with Crippen LogP contribution in [0.5, 0.6) is 5.75 Å². The zero-order valence-electron chi connectivity index (χ0n) is 14.8. The minimum Gasteiger partial charge on any atom is -0.490 e. The van der Waals surface area contributed by atoms with Crippen LogP contribution in [0.4, 0.5) is 4.39 Å². The fraction of sp³-hybridized carbons (Fsp3) is 0.500. The number of hydrogen-bond acceptors (Lipinski definition) is 4. The van der Waals surface area contributed by atoms with Gasteiger partial charge in [0.15, 0.2) is 0 Å². The minimum atomic E-state index is -3.56. The summed E-state index contributed by atoms with van der Waals surface area (Å²) >= 11 is 0. The summed E-state index contributed by atoms with van der Waals surface area (Å²) in [6.45, 7) is 2.64. The number of sulfonamides is 1. The number of benzene rings is 1. The number of halogens is 1. The number of hydrogen-bond donors (Lipinski definition) is 0. The van der Waals surface area contributed by atoms with Crippen LogP contribution in [0.15, 0.2) is 35.4 Å².